The molecule has 110 valence electrons. The van der Waals surface area contributed by atoms with Gasteiger partial charge in [0.05, 0.1) is 17.6 Å². The summed E-state index contributed by atoms with van der Waals surface area (Å²) in [5.41, 5.74) is 1.56. The van der Waals surface area contributed by atoms with Crippen LogP contribution < -0.4 is 10.1 Å². The van der Waals surface area contributed by atoms with Crippen molar-refractivity contribution in [3.05, 3.63) is 56.7 Å². The highest BCUT2D eigenvalue weighted by molar-refractivity contribution is 9.10. The second kappa shape index (κ2) is 7.04. The summed E-state index contributed by atoms with van der Waals surface area (Å²) in [6, 6.07) is 8.98. The van der Waals surface area contributed by atoms with Crippen LogP contribution in [0.1, 0.15) is 28.9 Å². The van der Waals surface area contributed by atoms with Gasteiger partial charge in [-0.1, -0.05) is 6.07 Å². The molecule has 0 spiro atoms. The molecule has 1 unspecified atom stereocenters. The third-order valence-electron chi connectivity index (χ3n) is 3.01. The van der Waals surface area contributed by atoms with Gasteiger partial charge in [-0.15, -0.1) is 0 Å². The number of rotatable bonds is 4. The summed E-state index contributed by atoms with van der Waals surface area (Å²) in [5, 5.41) is 2.96. The van der Waals surface area contributed by atoms with Gasteiger partial charge >= 0.3 is 0 Å². The predicted octanol–water partition coefficient (Wildman–Crippen LogP) is 4.11. The van der Waals surface area contributed by atoms with Crippen molar-refractivity contribution in [2.24, 2.45) is 0 Å². The van der Waals surface area contributed by atoms with Crippen LogP contribution in [-0.2, 0) is 0 Å². The van der Waals surface area contributed by atoms with Crippen LogP contribution in [0.4, 0.5) is 0 Å². The molecular formula is C15H14Br2N2O2. The van der Waals surface area contributed by atoms with Gasteiger partial charge < -0.3 is 10.1 Å². The molecule has 0 bridgehead atoms. The molecule has 1 heterocycles. The molecule has 0 saturated carbocycles. The quantitative estimate of drug-likeness (QED) is 0.767. The number of benzene rings is 1. The van der Waals surface area contributed by atoms with Gasteiger partial charge in [0.15, 0.2) is 0 Å². The Morgan fingerprint density at radius 3 is 2.67 bits per heavy atom. The molecular weight excluding hydrogens is 400 g/mol. The second-order valence-electron chi connectivity index (χ2n) is 4.46. The summed E-state index contributed by atoms with van der Waals surface area (Å²) in [7, 11) is 1.62. The van der Waals surface area contributed by atoms with E-state index in [9.17, 15) is 4.79 Å². The van der Waals surface area contributed by atoms with E-state index in [1.54, 1.807) is 25.4 Å². The zero-order valence-electron chi connectivity index (χ0n) is 11.6. The van der Waals surface area contributed by atoms with E-state index < -0.39 is 0 Å². The Morgan fingerprint density at radius 2 is 2.05 bits per heavy atom. The normalized spacial score (nSPS) is 11.8. The van der Waals surface area contributed by atoms with Crippen molar-refractivity contribution in [3.8, 4) is 5.75 Å². The van der Waals surface area contributed by atoms with Crippen molar-refractivity contribution in [1.29, 1.82) is 0 Å². The minimum absolute atomic E-state index is 0.119. The van der Waals surface area contributed by atoms with E-state index in [4.69, 9.17) is 4.74 Å². The minimum atomic E-state index is -0.141. The molecule has 2 rings (SSSR count). The molecule has 1 atom stereocenters. The number of halogens is 2. The lowest BCUT2D eigenvalue weighted by Gasteiger charge is -2.15. The Balaban J connectivity index is 2.12. The first-order chi connectivity index (χ1) is 10.0. The van der Waals surface area contributed by atoms with Crippen LogP contribution in [0.25, 0.3) is 0 Å². The third-order valence-corrected chi connectivity index (χ3v) is 4.07. The number of hydrogen-bond donors (Lipinski definition) is 1. The molecule has 0 aliphatic carbocycles. The number of carbonyl (C=O) groups is 1. The van der Waals surface area contributed by atoms with E-state index in [1.807, 2.05) is 25.1 Å². The van der Waals surface area contributed by atoms with Crippen LogP contribution in [0.15, 0.2) is 45.6 Å². The minimum Gasteiger partial charge on any atom is -0.496 e. The fourth-order valence-corrected chi connectivity index (χ4v) is 2.78. The summed E-state index contributed by atoms with van der Waals surface area (Å²) in [6.45, 7) is 1.93. The number of ether oxygens (including phenoxy) is 1. The van der Waals surface area contributed by atoms with Gasteiger partial charge in [-0.2, -0.15) is 0 Å². The maximum atomic E-state index is 12.2. The molecule has 6 heteroatoms. The smallest absolute Gasteiger partial charge is 0.251 e. The van der Waals surface area contributed by atoms with Crippen molar-refractivity contribution >= 4 is 37.8 Å². The lowest BCUT2D eigenvalue weighted by molar-refractivity contribution is 0.0939. The molecule has 0 aliphatic rings. The lowest BCUT2D eigenvalue weighted by Crippen LogP contribution is -2.26. The largest absolute Gasteiger partial charge is 0.496 e. The highest BCUT2D eigenvalue weighted by atomic mass is 79.9. The first-order valence-electron chi connectivity index (χ1n) is 6.27. The number of aromatic nitrogens is 1. The predicted molar refractivity (Wildman–Crippen MR) is 88.5 cm³/mol. The molecule has 0 fully saturated rings. The molecule has 1 aromatic carbocycles. The summed E-state index contributed by atoms with van der Waals surface area (Å²) in [5.74, 6) is 0.618. The van der Waals surface area contributed by atoms with Gasteiger partial charge in [0.2, 0.25) is 0 Å². The van der Waals surface area contributed by atoms with Crippen LogP contribution in [0.3, 0.4) is 0 Å². The summed E-state index contributed by atoms with van der Waals surface area (Å²) < 4.78 is 6.69. The molecule has 0 aliphatic heterocycles. The maximum Gasteiger partial charge on any atom is 0.251 e. The molecule has 1 amide bonds. The summed E-state index contributed by atoms with van der Waals surface area (Å²) in [6.07, 6.45) is 1.59. The number of carbonyl (C=O) groups excluding carboxylic acids is 1. The fraction of sp³-hybridized carbons (Fsp3) is 0.200. The van der Waals surface area contributed by atoms with Gasteiger partial charge in [-0.3, -0.25) is 4.79 Å². The molecule has 4 nitrogen and oxygen atoms in total. The fourth-order valence-electron chi connectivity index (χ4n) is 1.86. The van der Waals surface area contributed by atoms with Crippen LogP contribution in [0.2, 0.25) is 0 Å². The van der Waals surface area contributed by atoms with E-state index in [0.717, 1.165) is 15.8 Å². The van der Waals surface area contributed by atoms with Gasteiger partial charge in [-0.25, -0.2) is 4.98 Å². The number of methoxy groups -OCH3 is 1. The van der Waals surface area contributed by atoms with Crippen molar-refractivity contribution in [2.45, 2.75) is 13.0 Å². The van der Waals surface area contributed by atoms with E-state index >= 15 is 0 Å². The lowest BCUT2D eigenvalue weighted by atomic mass is 10.1. The molecule has 1 aromatic heterocycles. The summed E-state index contributed by atoms with van der Waals surface area (Å²) in [4.78, 5) is 16.2. The monoisotopic (exact) mass is 412 g/mol. The Hall–Kier alpha value is -1.40. The Labute approximate surface area is 140 Å². The van der Waals surface area contributed by atoms with E-state index in [-0.39, 0.29) is 11.9 Å². The van der Waals surface area contributed by atoms with Crippen molar-refractivity contribution in [1.82, 2.24) is 10.3 Å². The van der Waals surface area contributed by atoms with E-state index in [2.05, 4.69) is 42.2 Å². The zero-order chi connectivity index (χ0) is 15.4. The molecule has 0 radical (unpaired) electrons. The van der Waals surface area contributed by atoms with Gasteiger partial charge in [0.1, 0.15) is 10.4 Å². The first-order valence-corrected chi connectivity index (χ1v) is 7.85. The summed E-state index contributed by atoms with van der Waals surface area (Å²) >= 11 is 6.70. The van der Waals surface area contributed by atoms with Gasteiger partial charge in [0.25, 0.3) is 5.91 Å². The molecule has 1 N–H and O–H groups in total. The van der Waals surface area contributed by atoms with Crippen LogP contribution in [-0.4, -0.2) is 18.0 Å². The first kappa shape index (κ1) is 16.0. The van der Waals surface area contributed by atoms with Crippen LogP contribution >= 0.6 is 31.9 Å². The van der Waals surface area contributed by atoms with Crippen LogP contribution in [0, 0.1) is 0 Å². The highest BCUT2D eigenvalue weighted by Gasteiger charge is 2.13. The topological polar surface area (TPSA) is 51.2 Å². The molecule has 0 saturated heterocycles. The van der Waals surface area contributed by atoms with E-state index in [1.165, 1.54) is 0 Å². The van der Waals surface area contributed by atoms with Crippen molar-refractivity contribution in [3.63, 3.8) is 0 Å². The van der Waals surface area contributed by atoms with Crippen molar-refractivity contribution < 1.29 is 9.53 Å². The number of nitrogens with one attached hydrogen (secondary N) is 1. The molecule has 2 aromatic rings. The van der Waals surface area contributed by atoms with E-state index in [0.29, 0.717) is 10.2 Å². The van der Waals surface area contributed by atoms with Crippen LogP contribution in [0.5, 0.6) is 5.75 Å². The van der Waals surface area contributed by atoms with Gasteiger partial charge in [-0.05, 0) is 68.6 Å². The molecule has 21 heavy (non-hydrogen) atoms. The Bertz CT molecular complexity index is 662. The number of nitrogens with zero attached hydrogens (tertiary/aromatic N) is 1. The average molecular weight is 414 g/mol. The SMILES string of the molecule is COc1ccc(C(C)NC(=O)c2ccnc(Br)c2)cc1Br. The third kappa shape index (κ3) is 4.04. The average Bonchev–Trinajstić information content (AvgIpc) is 2.47. The number of hydrogen-bond acceptors (Lipinski definition) is 3. The standard InChI is InChI=1S/C15H14Br2N2O2/c1-9(10-3-4-13(21-2)12(16)7-10)19-15(20)11-5-6-18-14(17)8-11/h3-9H,1-2H3,(H,19,20). The Morgan fingerprint density at radius 1 is 1.29 bits per heavy atom. The zero-order valence-corrected chi connectivity index (χ0v) is 14.7. The maximum absolute atomic E-state index is 12.2. The number of pyridine rings is 1. The Kier molecular flexibility index (Phi) is 5.36. The second-order valence-corrected chi connectivity index (χ2v) is 6.12. The van der Waals surface area contributed by atoms with Gasteiger partial charge in [0, 0.05) is 11.8 Å². The number of amides is 1. The van der Waals surface area contributed by atoms with Crippen molar-refractivity contribution in [2.75, 3.05) is 7.11 Å². The highest BCUT2D eigenvalue weighted by Crippen LogP contribution is 2.28.